The first kappa shape index (κ1) is 15.7. The number of furan rings is 1. The quantitative estimate of drug-likeness (QED) is 0.786. The van der Waals surface area contributed by atoms with Crippen LogP contribution in [0.4, 0.5) is 5.82 Å². The smallest absolute Gasteiger partial charge is 0.258 e. The second-order valence-electron chi connectivity index (χ2n) is 6.31. The van der Waals surface area contributed by atoms with Gasteiger partial charge in [-0.05, 0) is 18.6 Å². The Morgan fingerprint density at radius 3 is 3.00 bits per heavy atom. The van der Waals surface area contributed by atoms with Crippen molar-refractivity contribution in [3.8, 4) is 0 Å². The first-order valence-electron chi connectivity index (χ1n) is 8.24. The van der Waals surface area contributed by atoms with Gasteiger partial charge in [0.2, 0.25) is 0 Å². The summed E-state index contributed by atoms with van der Waals surface area (Å²) in [7, 11) is 1.68. The predicted octanol–water partition coefficient (Wildman–Crippen LogP) is 2.14. The van der Waals surface area contributed by atoms with E-state index in [4.69, 9.17) is 14.9 Å². The van der Waals surface area contributed by atoms with Crippen molar-refractivity contribution in [1.29, 1.82) is 0 Å². The lowest BCUT2D eigenvalue weighted by molar-refractivity contribution is 0.0680. The molecule has 7 nitrogen and oxygen atoms in total. The van der Waals surface area contributed by atoms with Crippen LogP contribution < -0.4 is 5.73 Å². The van der Waals surface area contributed by atoms with E-state index in [1.807, 2.05) is 35.4 Å². The maximum atomic E-state index is 13.1. The molecule has 130 valence electrons. The largest absolute Gasteiger partial charge is 0.463 e. The van der Waals surface area contributed by atoms with Crippen LogP contribution in [0.2, 0.25) is 0 Å². The predicted molar refractivity (Wildman–Crippen MR) is 93.1 cm³/mol. The van der Waals surface area contributed by atoms with Gasteiger partial charge in [0, 0.05) is 25.2 Å². The second-order valence-corrected chi connectivity index (χ2v) is 6.31. The number of nitrogens with two attached hydrogens (primary N) is 1. The van der Waals surface area contributed by atoms with Gasteiger partial charge in [-0.2, -0.15) is 5.10 Å². The molecule has 2 atom stereocenters. The average Bonchev–Trinajstić information content (AvgIpc) is 3.33. The van der Waals surface area contributed by atoms with E-state index < -0.39 is 0 Å². The van der Waals surface area contributed by atoms with Crippen molar-refractivity contribution in [2.75, 3.05) is 19.4 Å². The van der Waals surface area contributed by atoms with E-state index in [9.17, 15) is 4.79 Å². The van der Waals surface area contributed by atoms with Crippen LogP contribution in [-0.2, 0) is 11.3 Å². The summed E-state index contributed by atoms with van der Waals surface area (Å²) >= 11 is 0. The number of rotatable bonds is 4. The standard InChI is InChI=1S/C18H20N4O3/c1-24-13-8-12(9-21-7-6-17(19)20-21)22(10-13)18(23)15-11-25-16-5-3-2-4-14(15)16/h2-7,11-13H,8-10H2,1H3,(H2,19,20)/t12-,13-/m0/s1. The first-order chi connectivity index (χ1) is 12.2. The Balaban J connectivity index is 1.62. The number of nitrogens with zero attached hydrogens (tertiary/aromatic N) is 3. The van der Waals surface area contributed by atoms with Crippen LogP contribution in [-0.4, -0.2) is 46.4 Å². The number of benzene rings is 1. The summed E-state index contributed by atoms with van der Waals surface area (Å²) in [5.41, 5.74) is 6.98. The second kappa shape index (κ2) is 6.25. The molecule has 0 unspecified atom stereocenters. The van der Waals surface area contributed by atoms with E-state index in [1.165, 1.54) is 6.26 Å². The molecule has 7 heteroatoms. The van der Waals surface area contributed by atoms with Gasteiger partial charge >= 0.3 is 0 Å². The van der Waals surface area contributed by atoms with Crippen molar-refractivity contribution in [1.82, 2.24) is 14.7 Å². The maximum Gasteiger partial charge on any atom is 0.258 e. The van der Waals surface area contributed by atoms with Gasteiger partial charge in [-0.1, -0.05) is 18.2 Å². The molecular formula is C18H20N4O3. The topological polar surface area (TPSA) is 86.5 Å². The van der Waals surface area contributed by atoms with Crippen molar-refractivity contribution in [2.45, 2.75) is 25.1 Å². The number of carbonyl (C=O) groups is 1. The average molecular weight is 340 g/mol. The zero-order valence-electron chi connectivity index (χ0n) is 14.0. The lowest BCUT2D eigenvalue weighted by Gasteiger charge is -2.24. The Bertz CT molecular complexity index is 901. The Morgan fingerprint density at radius 2 is 2.24 bits per heavy atom. The highest BCUT2D eigenvalue weighted by atomic mass is 16.5. The minimum absolute atomic E-state index is 0.00888. The number of hydrogen-bond acceptors (Lipinski definition) is 5. The number of amides is 1. The molecule has 2 aromatic heterocycles. The minimum Gasteiger partial charge on any atom is -0.463 e. The molecule has 4 rings (SSSR count). The molecule has 1 aliphatic rings. The Morgan fingerprint density at radius 1 is 1.40 bits per heavy atom. The number of nitrogen functional groups attached to an aromatic ring is 1. The first-order valence-corrected chi connectivity index (χ1v) is 8.24. The molecule has 0 radical (unpaired) electrons. The fourth-order valence-electron chi connectivity index (χ4n) is 3.46. The van der Waals surface area contributed by atoms with Crippen LogP contribution in [0.1, 0.15) is 16.8 Å². The summed E-state index contributed by atoms with van der Waals surface area (Å²) < 4.78 is 12.8. The fraction of sp³-hybridized carbons (Fsp3) is 0.333. The van der Waals surface area contributed by atoms with Crippen molar-refractivity contribution in [2.24, 2.45) is 0 Å². The van der Waals surface area contributed by atoms with Crippen molar-refractivity contribution >= 4 is 22.7 Å². The molecule has 1 fully saturated rings. The molecule has 0 bridgehead atoms. The number of carbonyl (C=O) groups excluding carboxylic acids is 1. The van der Waals surface area contributed by atoms with Crippen LogP contribution in [0.25, 0.3) is 11.0 Å². The van der Waals surface area contributed by atoms with Gasteiger partial charge in [-0.3, -0.25) is 9.48 Å². The molecule has 1 saturated heterocycles. The molecule has 1 aromatic carbocycles. The number of anilines is 1. The number of aromatic nitrogens is 2. The summed E-state index contributed by atoms with van der Waals surface area (Å²) in [6.07, 6.45) is 4.14. The maximum absolute atomic E-state index is 13.1. The van der Waals surface area contributed by atoms with E-state index in [2.05, 4.69) is 5.10 Å². The normalized spacial score (nSPS) is 20.4. The van der Waals surface area contributed by atoms with E-state index in [1.54, 1.807) is 17.9 Å². The highest BCUT2D eigenvalue weighted by Crippen LogP contribution is 2.27. The molecule has 25 heavy (non-hydrogen) atoms. The SMILES string of the molecule is CO[C@H]1C[C@@H](Cn2ccc(N)n2)N(C(=O)c2coc3ccccc23)C1. The van der Waals surface area contributed by atoms with Crippen LogP contribution in [0, 0.1) is 0 Å². The third-order valence-corrected chi connectivity index (χ3v) is 4.74. The molecule has 1 aliphatic heterocycles. The van der Waals surface area contributed by atoms with Gasteiger partial charge in [-0.25, -0.2) is 0 Å². The van der Waals surface area contributed by atoms with Gasteiger partial charge in [0.05, 0.1) is 24.3 Å². The lowest BCUT2D eigenvalue weighted by atomic mass is 10.1. The molecule has 0 saturated carbocycles. The number of methoxy groups -OCH3 is 1. The number of para-hydroxylation sites is 1. The number of fused-ring (bicyclic) bond motifs is 1. The van der Waals surface area contributed by atoms with Crippen LogP contribution >= 0.6 is 0 Å². The van der Waals surface area contributed by atoms with Gasteiger partial charge in [0.1, 0.15) is 17.7 Å². The summed E-state index contributed by atoms with van der Waals surface area (Å²) in [5, 5.41) is 5.06. The van der Waals surface area contributed by atoms with Crippen molar-refractivity contribution in [3.05, 3.63) is 48.4 Å². The van der Waals surface area contributed by atoms with E-state index in [0.717, 1.165) is 11.8 Å². The Labute approximate surface area is 144 Å². The summed E-state index contributed by atoms with van der Waals surface area (Å²) in [4.78, 5) is 15.0. The molecule has 3 aromatic rings. The molecule has 0 spiro atoms. The third kappa shape index (κ3) is 2.87. The number of ether oxygens (including phenoxy) is 1. The zero-order chi connectivity index (χ0) is 17.4. The highest BCUT2D eigenvalue weighted by molar-refractivity contribution is 6.06. The third-order valence-electron chi connectivity index (χ3n) is 4.74. The zero-order valence-corrected chi connectivity index (χ0v) is 14.0. The van der Waals surface area contributed by atoms with E-state index in [0.29, 0.717) is 30.1 Å². The minimum atomic E-state index is -0.0466. The van der Waals surface area contributed by atoms with Gasteiger partial charge in [-0.15, -0.1) is 0 Å². The van der Waals surface area contributed by atoms with Gasteiger partial charge in [0.15, 0.2) is 0 Å². The van der Waals surface area contributed by atoms with Gasteiger partial charge < -0.3 is 19.8 Å². The molecule has 1 amide bonds. The molecule has 0 aliphatic carbocycles. The fourth-order valence-corrected chi connectivity index (χ4v) is 3.46. The Kier molecular flexibility index (Phi) is 3.93. The van der Waals surface area contributed by atoms with Crippen LogP contribution in [0.5, 0.6) is 0 Å². The van der Waals surface area contributed by atoms with Crippen molar-refractivity contribution < 1.29 is 13.9 Å². The van der Waals surface area contributed by atoms with E-state index >= 15 is 0 Å². The van der Waals surface area contributed by atoms with Crippen LogP contribution in [0.15, 0.2) is 47.2 Å². The van der Waals surface area contributed by atoms with E-state index in [-0.39, 0.29) is 18.1 Å². The molecular weight excluding hydrogens is 320 g/mol. The highest BCUT2D eigenvalue weighted by Gasteiger charge is 2.37. The van der Waals surface area contributed by atoms with Gasteiger partial charge in [0.25, 0.3) is 5.91 Å². The van der Waals surface area contributed by atoms with Crippen LogP contribution in [0.3, 0.4) is 0 Å². The molecule has 3 heterocycles. The van der Waals surface area contributed by atoms with Crippen molar-refractivity contribution in [3.63, 3.8) is 0 Å². The monoisotopic (exact) mass is 340 g/mol. The lowest BCUT2D eigenvalue weighted by Crippen LogP contribution is -2.38. The Hall–Kier alpha value is -2.80. The summed E-state index contributed by atoms with van der Waals surface area (Å²) in [6.45, 7) is 1.13. The summed E-state index contributed by atoms with van der Waals surface area (Å²) in [6, 6.07) is 9.29. The number of likely N-dealkylation sites (tertiary alicyclic amines) is 1. The summed E-state index contributed by atoms with van der Waals surface area (Å²) in [5.74, 6) is 0.426. The molecule has 2 N–H and O–H groups in total. The number of hydrogen-bond donors (Lipinski definition) is 1.